The highest BCUT2D eigenvalue weighted by atomic mass is 35.5. The molecule has 5 nitrogen and oxygen atoms in total. The van der Waals surface area contributed by atoms with E-state index in [-0.39, 0.29) is 11.8 Å². The van der Waals surface area contributed by atoms with Gasteiger partial charge >= 0.3 is 0 Å². The molecule has 182 valence electrons. The van der Waals surface area contributed by atoms with Crippen molar-refractivity contribution in [2.75, 3.05) is 13.1 Å². The molecule has 4 rings (SSSR count). The van der Waals surface area contributed by atoms with E-state index in [1.807, 2.05) is 36.1 Å². The molecule has 0 radical (unpaired) electrons. The third-order valence-corrected chi connectivity index (χ3v) is 7.34. The number of carbonyl (C=O) groups is 1. The molecule has 1 aromatic heterocycles. The molecule has 1 amide bonds. The number of rotatable bonds is 6. The monoisotopic (exact) mass is 489 g/mol. The Labute approximate surface area is 212 Å². The number of nitrogens with zero attached hydrogens (tertiary/aromatic N) is 3. The van der Waals surface area contributed by atoms with Crippen molar-refractivity contribution in [2.24, 2.45) is 5.16 Å². The van der Waals surface area contributed by atoms with Gasteiger partial charge in [-0.3, -0.25) is 9.78 Å². The summed E-state index contributed by atoms with van der Waals surface area (Å²) >= 11 is 6.26. The topological polar surface area (TPSA) is 65.8 Å². The Morgan fingerprint density at radius 1 is 1.11 bits per heavy atom. The minimum atomic E-state index is 0.000230. The van der Waals surface area contributed by atoms with Gasteiger partial charge in [-0.2, -0.15) is 0 Å². The Morgan fingerprint density at radius 2 is 1.83 bits per heavy atom. The van der Waals surface area contributed by atoms with Crippen LogP contribution >= 0.6 is 11.6 Å². The lowest BCUT2D eigenvalue weighted by atomic mass is 9.82. The molecule has 35 heavy (non-hydrogen) atoms. The van der Waals surface area contributed by atoms with Gasteiger partial charge < -0.3 is 10.1 Å². The third kappa shape index (κ3) is 5.91. The molecule has 0 unspecified atom stereocenters. The van der Waals surface area contributed by atoms with Crippen molar-refractivity contribution in [3.63, 3.8) is 0 Å². The van der Waals surface area contributed by atoms with Crippen LogP contribution in [0.4, 0.5) is 0 Å². The molecule has 1 atom stereocenters. The summed E-state index contributed by atoms with van der Waals surface area (Å²) in [5, 5.41) is 14.3. The summed E-state index contributed by atoms with van der Waals surface area (Å²) in [6.07, 6.45) is 4.26. The van der Waals surface area contributed by atoms with Crippen LogP contribution in [0.15, 0.2) is 65.9 Å². The van der Waals surface area contributed by atoms with Crippen molar-refractivity contribution < 1.29 is 10.0 Å². The fourth-order valence-electron chi connectivity index (χ4n) is 5.10. The first kappa shape index (κ1) is 24.9. The lowest BCUT2D eigenvalue weighted by Gasteiger charge is -2.31. The largest absolute Gasteiger partial charge is 0.411 e. The van der Waals surface area contributed by atoms with E-state index < -0.39 is 0 Å². The zero-order valence-corrected chi connectivity index (χ0v) is 21.3. The van der Waals surface area contributed by atoms with E-state index in [9.17, 15) is 10.0 Å². The molecule has 0 bridgehead atoms. The van der Waals surface area contributed by atoms with Gasteiger partial charge in [0.05, 0.1) is 5.71 Å². The van der Waals surface area contributed by atoms with Crippen molar-refractivity contribution in [2.45, 2.75) is 51.9 Å². The predicted octanol–water partition coefficient (Wildman–Crippen LogP) is 6.48. The van der Waals surface area contributed by atoms with Gasteiger partial charge in [-0.15, -0.1) is 0 Å². The summed E-state index contributed by atoms with van der Waals surface area (Å²) in [6.45, 7) is 7.27. The molecular weight excluding hydrogens is 458 g/mol. The zero-order chi connectivity index (χ0) is 24.9. The van der Waals surface area contributed by atoms with Gasteiger partial charge in [-0.25, -0.2) is 0 Å². The van der Waals surface area contributed by atoms with Crippen LogP contribution in [0.1, 0.15) is 71.5 Å². The normalized spacial score (nSPS) is 15.8. The van der Waals surface area contributed by atoms with Crippen LogP contribution in [0.5, 0.6) is 0 Å². The van der Waals surface area contributed by atoms with Crippen LogP contribution < -0.4 is 0 Å². The minimum absolute atomic E-state index is 0.000230. The second-order valence-electron chi connectivity index (χ2n) is 9.44. The van der Waals surface area contributed by atoms with Crippen LogP contribution in [0, 0.1) is 13.8 Å². The molecule has 2 aromatic carbocycles. The fourth-order valence-corrected chi connectivity index (χ4v) is 5.33. The summed E-state index contributed by atoms with van der Waals surface area (Å²) < 4.78 is 0. The van der Waals surface area contributed by atoms with E-state index in [1.165, 1.54) is 5.56 Å². The predicted molar refractivity (Wildman–Crippen MR) is 141 cm³/mol. The van der Waals surface area contributed by atoms with Crippen molar-refractivity contribution in [1.29, 1.82) is 0 Å². The second-order valence-corrected chi connectivity index (χ2v) is 9.87. The number of pyridine rings is 1. The van der Waals surface area contributed by atoms with Gasteiger partial charge in [-0.05, 0) is 79.1 Å². The zero-order valence-electron chi connectivity index (χ0n) is 20.5. The fraction of sp³-hybridized carbons (Fsp3) is 0.345. The molecule has 1 fully saturated rings. The highest BCUT2D eigenvalue weighted by Gasteiger charge is 2.24. The Hall–Kier alpha value is -3.18. The van der Waals surface area contributed by atoms with E-state index in [0.29, 0.717) is 23.1 Å². The molecule has 2 heterocycles. The number of aryl methyl sites for hydroxylation is 2. The minimum Gasteiger partial charge on any atom is -0.411 e. The molecule has 1 aliphatic rings. The Balaban J connectivity index is 1.63. The number of carbonyl (C=O) groups excluding carboxylic acids is 1. The summed E-state index contributed by atoms with van der Waals surface area (Å²) in [6, 6.07) is 18.6. The Bertz CT molecular complexity index is 1210. The third-order valence-electron chi connectivity index (χ3n) is 7.11. The van der Waals surface area contributed by atoms with Gasteiger partial charge in [0.1, 0.15) is 0 Å². The highest BCUT2D eigenvalue weighted by molar-refractivity contribution is 6.30. The van der Waals surface area contributed by atoms with Gasteiger partial charge in [0.2, 0.25) is 5.91 Å². The number of amides is 1. The lowest BCUT2D eigenvalue weighted by molar-refractivity contribution is -0.129. The first-order chi connectivity index (χ1) is 16.9. The van der Waals surface area contributed by atoms with E-state index in [2.05, 4.69) is 47.4 Å². The van der Waals surface area contributed by atoms with Gasteiger partial charge in [0.15, 0.2) is 0 Å². The number of likely N-dealkylation sites (tertiary alicyclic amines) is 1. The van der Waals surface area contributed by atoms with E-state index >= 15 is 0 Å². The molecule has 1 N–H and O–H groups in total. The van der Waals surface area contributed by atoms with Crippen LogP contribution in [0.2, 0.25) is 5.02 Å². The number of piperidine rings is 1. The SMILES string of the molecule is CC(=O)N1CCC(c2ccc([C@@H](C/C(=N/O)c3ccnc(C)c3)c3ccc(Cl)cc3C)cc2)CC1. The maximum absolute atomic E-state index is 11.7. The number of hydrogen-bond acceptors (Lipinski definition) is 4. The van der Waals surface area contributed by atoms with Crippen molar-refractivity contribution >= 4 is 23.2 Å². The van der Waals surface area contributed by atoms with Crippen LogP contribution in [0.3, 0.4) is 0 Å². The molecule has 1 saturated heterocycles. The summed E-state index contributed by atoms with van der Waals surface area (Å²) in [5.74, 6) is 0.621. The van der Waals surface area contributed by atoms with Gasteiger partial charge in [0.25, 0.3) is 0 Å². The Kier molecular flexibility index (Phi) is 7.86. The van der Waals surface area contributed by atoms with E-state index in [1.54, 1.807) is 13.1 Å². The number of hydrogen-bond donors (Lipinski definition) is 1. The molecule has 3 aromatic rings. The molecule has 0 saturated carbocycles. The molecule has 0 aliphatic carbocycles. The standard InChI is InChI=1S/C29H32ClN3O2/c1-19-16-26(30)8-9-27(19)28(18-29(32-35)25-10-13-31-20(2)17-25)24-6-4-22(5-7-24)23-11-14-33(15-12-23)21(3)34/h4-10,13,16-17,23,28,35H,11-12,14-15,18H2,1-3H3/b32-29-/t28-/m1/s1. The molecule has 0 spiro atoms. The number of aromatic nitrogens is 1. The van der Waals surface area contributed by atoms with E-state index in [4.69, 9.17) is 11.6 Å². The molecule has 6 heteroatoms. The maximum atomic E-state index is 11.7. The quantitative estimate of drug-likeness (QED) is 0.245. The maximum Gasteiger partial charge on any atom is 0.219 e. The highest BCUT2D eigenvalue weighted by Crippen LogP contribution is 2.35. The molecule has 1 aliphatic heterocycles. The van der Waals surface area contributed by atoms with Crippen molar-refractivity contribution in [1.82, 2.24) is 9.88 Å². The average molecular weight is 490 g/mol. The van der Waals surface area contributed by atoms with Crippen LogP contribution in [-0.2, 0) is 4.79 Å². The smallest absolute Gasteiger partial charge is 0.219 e. The summed E-state index contributed by atoms with van der Waals surface area (Å²) in [7, 11) is 0. The number of benzene rings is 2. The number of oxime groups is 1. The van der Waals surface area contributed by atoms with Crippen LogP contribution in [-0.4, -0.2) is 39.8 Å². The van der Waals surface area contributed by atoms with Gasteiger partial charge in [-0.1, -0.05) is 47.1 Å². The first-order valence-corrected chi connectivity index (χ1v) is 12.5. The lowest BCUT2D eigenvalue weighted by Crippen LogP contribution is -2.36. The summed E-state index contributed by atoms with van der Waals surface area (Å²) in [5.41, 5.74) is 7.09. The number of halogens is 1. The van der Waals surface area contributed by atoms with Crippen molar-refractivity contribution in [3.8, 4) is 0 Å². The van der Waals surface area contributed by atoms with Crippen LogP contribution in [0.25, 0.3) is 0 Å². The summed E-state index contributed by atoms with van der Waals surface area (Å²) in [4.78, 5) is 17.9. The van der Waals surface area contributed by atoms with Crippen molar-refractivity contribution in [3.05, 3.63) is 99.3 Å². The van der Waals surface area contributed by atoms with E-state index in [0.717, 1.165) is 53.9 Å². The first-order valence-electron chi connectivity index (χ1n) is 12.1. The average Bonchev–Trinajstić information content (AvgIpc) is 2.86. The second kappa shape index (κ2) is 11.0. The van der Waals surface area contributed by atoms with Gasteiger partial charge in [0, 0.05) is 54.8 Å². The Morgan fingerprint density at radius 3 is 2.43 bits per heavy atom. The molecular formula is C29H32ClN3O2.